The predicted molar refractivity (Wildman–Crippen MR) is 83.6 cm³/mol. The molecule has 0 radical (unpaired) electrons. The molecule has 0 aliphatic heterocycles. The fourth-order valence-corrected chi connectivity index (χ4v) is 1.68. The van der Waals surface area contributed by atoms with E-state index in [0.717, 1.165) is 22.3 Å². The molecule has 1 aromatic rings. The quantitative estimate of drug-likeness (QED) is 0.570. The molecule has 0 saturated heterocycles. The van der Waals surface area contributed by atoms with Crippen LogP contribution in [0.5, 0.6) is 0 Å². The second-order valence-corrected chi connectivity index (χ2v) is 4.70. The molecule has 0 saturated carbocycles. The van der Waals surface area contributed by atoms with Gasteiger partial charge in [-0.05, 0) is 18.9 Å². The normalized spacial score (nSPS) is 11.6. The Balaban J connectivity index is 2.81. The number of hydrogen-bond acceptors (Lipinski definition) is 2. The minimum absolute atomic E-state index is 0.807. The van der Waals surface area contributed by atoms with Crippen molar-refractivity contribution in [2.75, 3.05) is 13.6 Å². The number of halogens is 1. The summed E-state index contributed by atoms with van der Waals surface area (Å²) < 4.78 is 1.05. The summed E-state index contributed by atoms with van der Waals surface area (Å²) in [6.07, 6.45) is 7.69. The summed E-state index contributed by atoms with van der Waals surface area (Å²) >= 11 is 3.41. The molecule has 94 valence electrons. The third-order valence-corrected chi connectivity index (χ3v) is 2.85. The van der Waals surface area contributed by atoms with Gasteiger partial charge in [-0.2, -0.15) is 0 Å². The monoisotopic (exact) mass is 304 g/mol. The van der Waals surface area contributed by atoms with Crippen molar-refractivity contribution in [3.05, 3.63) is 65.3 Å². The van der Waals surface area contributed by atoms with Gasteiger partial charge in [-0.1, -0.05) is 52.9 Å². The van der Waals surface area contributed by atoms with Crippen molar-refractivity contribution in [1.29, 1.82) is 0 Å². The van der Waals surface area contributed by atoms with Gasteiger partial charge in [0.2, 0.25) is 0 Å². The van der Waals surface area contributed by atoms with Crippen LogP contribution in [-0.2, 0) is 0 Å². The first kappa shape index (κ1) is 14.5. The van der Waals surface area contributed by atoms with Crippen LogP contribution in [0.1, 0.15) is 5.56 Å². The second-order valence-electron chi connectivity index (χ2n) is 3.78. The molecule has 0 amide bonds. The number of hydrogen-bond donors (Lipinski definition) is 0. The van der Waals surface area contributed by atoms with E-state index in [1.807, 2.05) is 54.6 Å². The Kier molecular flexibility index (Phi) is 6.15. The Morgan fingerprint density at radius 2 is 2.06 bits per heavy atom. The van der Waals surface area contributed by atoms with E-state index in [0.29, 0.717) is 0 Å². The van der Waals surface area contributed by atoms with Crippen LogP contribution in [0.3, 0.4) is 0 Å². The molecule has 0 atom stereocenters. The number of rotatable bonds is 6. The standard InChI is InChI=1S/C15H17BrN2/c1-4-5-6-11-18(3)12-15(17-2)13-7-9-14(16)10-8-13/h4-10,12H,1-2,11H2,3H3/b6-5-,15-12-. The Morgan fingerprint density at radius 3 is 2.61 bits per heavy atom. The molecule has 0 heterocycles. The zero-order valence-electron chi connectivity index (χ0n) is 10.5. The molecule has 0 spiro atoms. The van der Waals surface area contributed by atoms with E-state index in [9.17, 15) is 0 Å². The minimum Gasteiger partial charge on any atom is -0.375 e. The molecule has 0 unspecified atom stereocenters. The van der Waals surface area contributed by atoms with Gasteiger partial charge in [-0.15, -0.1) is 0 Å². The van der Waals surface area contributed by atoms with Gasteiger partial charge in [0.15, 0.2) is 0 Å². The number of allylic oxidation sites excluding steroid dienone is 2. The topological polar surface area (TPSA) is 15.6 Å². The molecule has 2 nitrogen and oxygen atoms in total. The summed E-state index contributed by atoms with van der Waals surface area (Å²) in [6.45, 7) is 8.06. The molecule has 0 fully saturated rings. The molecule has 0 aliphatic carbocycles. The molecule has 0 aliphatic rings. The SMILES string of the molecule is C=C/C=C\CN(C)/C=C(\N=C)c1ccc(Br)cc1. The fourth-order valence-electron chi connectivity index (χ4n) is 1.41. The number of nitrogens with zero attached hydrogens (tertiary/aromatic N) is 2. The highest BCUT2D eigenvalue weighted by atomic mass is 79.9. The Labute approximate surface area is 117 Å². The Hall–Kier alpha value is -1.61. The third kappa shape index (κ3) is 4.72. The summed E-state index contributed by atoms with van der Waals surface area (Å²) in [5.41, 5.74) is 1.91. The van der Waals surface area contributed by atoms with Crippen LogP contribution in [0.4, 0.5) is 0 Å². The Bertz CT molecular complexity index is 458. The molecule has 1 aromatic carbocycles. The summed E-state index contributed by atoms with van der Waals surface area (Å²) in [4.78, 5) is 6.11. The van der Waals surface area contributed by atoms with Crippen molar-refractivity contribution < 1.29 is 0 Å². The second kappa shape index (κ2) is 7.67. The summed E-state index contributed by atoms with van der Waals surface area (Å²) in [5.74, 6) is 0. The van der Waals surface area contributed by atoms with Gasteiger partial charge in [0.1, 0.15) is 0 Å². The summed E-state index contributed by atoms with van der Waals surface area (Å²) in [6, 6.07) is 8.01. The first-order chi connectivity index (χ1) is 8.67. The van der Waals surface area contributed by atoms with E-state index in [-0.39, 0.29) is 0 Å². The van der Waals surface area contributed by atoms with Crippen molar-refractivity contribution in [1.82, 2.24) is 4.90 Å². The first-order valence-corrected chi connectivity index (χ1v) is 6.39. The molecular formula is C15H17BrN2. The van der Waals surface area contributed by atoms with E-state index in [4.69, 9.17) is 0 Å². The van der Waals surface area contributed by atoms with Gasteiger partial charge in [0.25, 0.3) is 0 Å². The van der Waals surface area contributed by atoms with Crippen molar-refractivity contribution in [3.63, 3.8) is 0 Å². The smallest absolute Gasteiger partial charge is 0.0853 e. The van der Waals surface area contributed by atoms with Gasteiger partial charge in [0, 0.05) is 29.8 Å². The van der Waals surface area contributed by atoms with Crippen LogP contribution < -0.4 is 0 Å². The van der Waals surface area contributed by atoms with Crippen molar-refractivity contribution >= 4 is 28.3 Å². The maximum Gasteiger partial charge on any atom is 0.0853 e. The van der Waals surface area contributed by atoms with Gasteiger partial charge in [-0.25, -0.2) is 0 Å². The van der Waals surface area contributed by atoms with E-state index in [1.54, 1.807) is 6.08 Å². The van der Waals surface area contributed by atoms with E-state index >= 15 is 0 Å². The lowest BCUT2D eigenvalue weighted by molar-refractivity contribution is 0.511. The highest BCUT2D eigenvalue weighted by molar-refractivity contribution is 9.10. The van der Waals surface area contributed by atoms with E-state index in [2.05, 4.69) is 34.2 Å². The maximum atomic E-state index is 4.07. The average Bonchev–Trinajstić information content (AvgIpc) is 2.37. The fraction of sp³-hybridized carbons (Fsp3) is 0.133. The van der Waals surface area contributed by atoms with Gasteiger partial charge < -0.3 is 4.90 Å². The minimum atomic E-state index is 0.807. The largest absolute Gasteiger partial charge is 0.375 e. The summed E-state index contributed by atoms with van der Waals surface area (Å²) in [5, 5.41) is 0. The molecule has 0 aromatic heterocycles. The van der Waals surface area contributed by atoms with Crippen LogP contribution in [0.2, 0.25) is 0 Å². The molecule has 0 N–H and O–H groups in total. The highest BCUT2D eigenvalue weighted by Crippen LogP contribution is 2.18. The highest BCUT2D eigenvalue weighted by Gasteiger charge is 2.00. The summed E-state index contributed by atoms with van der Waals surface area (Å²) in [7, 11) is 2.00. The first-order valence-electron chi connectivity index (χ1n) is 5.59. The lowest BCUT2D eigenvalue weighted by Crippen LogP contribution is -2.10. The van der Waals surface area contributed by atoms with E-state index < -0.39 is 0 Å². The molecule has 18 heavy (non-hydrogen) atoms. The molecule has 1 rings (SSSR count). The van der Waals surface area contributed by atoms with Crippen molar-refractivity contribution in [2.45, 2.75) is 0 Å². The molecular weight excluding hydrogens is 288 g/mol. The third-order valence-electron chi connectivity index (χ3n) is 2.32. The zero-order valence-corrected chi connectivity index (χ0v) is 12.1. The average molecular weight is 305 g/mol. The van der Waals surface area contributed by atoms with E-state index in [1.165, 1.54) is 0 Å². The van der Waals surface area contributed by atoms with Crippen LogP contribution in [0.25, 0.3) is 5.70 Å². The van der Waals surface area contributed by atoms with Crippen LogP contribution in [0.15, 0.2) is 64.7 Å². The lowest BCUT2D eigenvalue weighted by atomic mass is 10.2. The van der Waals surface area contributed by atoms with Crippen LogP contribution >= 0.6 is 15.9 Å². The van der Waals surface area contributed by atoms with Crippen molar-refractivity contribution in [3.8, 4) is 0 Å². The predicted octanol–water partition coefficient (Wildman–Crippen LogP) is 4.12. The maximum absolute atomic E-state index is 4.07. The van der Waals surface area contributed by atoms with Crippen molar-refractivity contribution in [2.24, 2.45) is 4.99 Å². The van der Waals surface area contributed by atoms with Crippen LogP contribution in [0, 0.1) is 0 Å². The number of aliphatic imine (C=N–C) groups is 1. The molecule has 0 bridgehead atoms. The molecule has 3 heteroatoms. The van der Waals surface area contributed by atoms with Gasteiger partial charge in [-0.3, -0.25) is 4.99 Å². The van der Waals surface area contributed by atoms with Gasteiger partial charge >= 0.3 is 0 Å². The number of likely N-dealkylation sites (N-methyl/N-ethyl adjacent to an activating group) is 1. The van der Waals surface area contributed by atoms with Crippen LogP contribution in [-0.4, -0.2) is 25.2 Å². The number of benzene rings is 1. The van der Waals surface area contributed by atoms with Gasteiger partial charge in [0.05, 0.1) is 5.70 Å². The zero-order chi connectivity index (χ0) is 13.4. The Morgan fingerprint density at radius 1 is 1.39 bits per heavy atom. The lowest BCUT2D eigenvalue weighted by Gasteiger charge is -2.13.